The second kappa shape index (κ2) is 7.34. The number of benzene rings is 1. The summed E-state index contributed by atoms with van der Waals surface area (Å²) in [6.45, 7) is -0.245. The molecule has 0 aliphatic carbocycles. The largest absolute Gasteiger partial charge is 0.405 e. The lowest BCUT2D eigenvalue weighted by Crippen LogP contribution is -2.49. The predicted molar refractivity (Wildman–Crippen MR) is 85.6 cm³/mol. The highest BCUT2D eigenvalue weighted by Gasteiger charge is 2.41. The molecule has 11 heteroatoms. The Balaban J connectivity index is 2.24. The van der Waals surface area contributed by atoms with Crippen LogP contribution in [-0.2, 0) is 14.8 Å². The quantitative estimate of drug-likeness (QED) is 0.765. The van der Waals surface area contributed by atoms with Crippen LogP contribution in [0.1, 0.15) is 17.3 Å². The minimum Gasteiger partial charge on any atom is -0.346 e. The van der Waals surface area contributed by atoms with Gasteiger partial charge in [-0.05, 0) is 19.1 Å². The van der Waals surface area contributed by atoms with Gasteiger partial charge in [0, 0.05) is 11.3 Å². The fraction of sp³-hybridized carbons (Fsp3) is 0.429. The first-order valence-corrected chi connectivity index (χ1v) is 9.67. The summed E-state index contributed by atoms with van der Waals surface area (Å²) in [6.07, 6.45) is -4.58. The Kier molecular flexibility index (Phi) is 5.79. The summed E-state index contributed by atoms with van der Waals surface area (Å²) in [5.74, 6) is -1.34. The molecule has 1 saturated heterocycles. The maximum absolute atomic E-state index is 12.7. The van der Waals surface area contributed by atoms with Gasteiger partial charge in [-0.3, -0.25) is 9.59 Å². The third-order valence-electron chi connectivity index (χ3n) is 3.45. The lowest BCUT2D eigenvalue weighted by atomic mass is 10.2. The van der Waals surface area contributed by atoms with E-state index in [9.17, 15) is 31.2 Å². The molecule has 0 radical (unpaired) electrons. The Labute approximate surface area is 146 Å². The van der Waals surface area contributed by atoms with Crippen molar-refractivity contribution in [2.24, 2.45) is 0 Å². The first kappa shape index (κ1) is 19.7. The maximum atomic E-state index is 12.7. The zero-order valence-corrected chi connectivity index (χ0v) is 14.7. The molecule has 1 aliphatic rings. The number of hydrogen-bond donors (Lipinski definition) is 1. The van der Waals surface area contributed by atoms with Crippen LogP contribution in [0.3, 0.4) is 0 Å². The molecule has 0 aromatic heterocycles. The normalized spacial score (nSPS) is 19.0. The molecule has 1 atom stereocenters. The minimum atomic E-state index is -4.58. The van der Waals surface area contributed by atoms with Gasteiger partial charge in [0.15, 0.2) is 5.78 Å². The van der Waals surface area contributed by atoms with Crippen LogP contribution in [0.5, 0.6) is 0 Å². The third kappa shape index (κ3) is 4.73. The molecule has 138 valence electrons. The van der Waals surface area contributed by atoms with Crippen molar-refractivity contribution in [3.63, 3.8) is 0 Å². The predicted octanol–water partition coefficient (Wildman–Crippen LogP) is 1.63. The number of amides is 1. The summed E-state index contributed by atoms with van der Waals surface area (Å²) >= 11 is 1.12. The number of Topliss-reactive ketones (excluding diaryl/α,β-unsaturated/α-hetero) is 1. The second-order valence-electron chi connectivity index (χ2n) is 5.32. The average molecular weight is 396 g/mol. The fourth-order valence-corrected chi connectivity index (χ4v) is 5.38. The van der Waals surface area contributed by atoms with Gasteiger partial charge < -0.3 is 5.32 Å². The number of ketones is 1. The van der Waals surface area contributed by atoms with E-state index in [1.54, 1.807) is 5.32 Å². The zero-order chi connectivity index (χ0) is 18.8. The number of thioether (sulfide) groups is 1. The molecule has 0 spiro atoms. The van der Waals surface area contributed by atoms with Crippen molar-refractivity contribution in [2.75, 3.05) is 18.2 Å². The first-order valence-electron chi connectivity index (χ1n) is 7.07. The monoisotopic (exact) mass is 396 g/mol. The maximum Gasteiger partial charge on any atom is 0.405 e. The Bertz CT molecular complexity index is 781. The Morgan fingerprint density at radius 3 is 2.64 bits per heavy atom. The number of carbonyl (C=O) groups is 2. The highest BCUT2D eigenvalue weighted by Crippen LogP contribution is 2.29. The van der Waals surface area contributed by atoms with E-state index in [2.05, 4.69) is 0 Å². The van der Waals surface area contributed by atoms with Crippen LogP contribution >= 0.6 is 11.8 Å². The number of nitrogens with one attached hydrogen (secondary N) is 1. The lowest BCUT2D eigenvalue weighted by Gasteiger charge is -2.23. The smallest absolute Gasteiger partial charge is 0.346 e. The Hall–Kier alpha value is -1.59. The number of alkyl halides is 3. The Morgan fingerprint density at radius 1 is 1.36 bits per heavy atom. The van der Waals surface area contributed by atoms with Gasteiger partial charge in [-0.2, -0.15) is 17.5 Å². The minimum absolute atomic E-state index is 0.0509. The molecule has 0 saturated carbocycles. The standard InChI is InChI=1S/C14H15F3N2O4S2/c1-9(20)10-3-2-4-11(5-10)25(22,23)19-8-24-6-12(19)13(21)18-7-14(15,16)17/h2-5,12H,6-8H2,1H3,(H,18,21). The number of sulfonamides is 1. The summed E-state index contributed by atoms with van der Waals surface area (Å²) in [5, 5.41) is 1.71. The van der Waals surface area contributed by atoms with Crippen molar-refractivity contribution in [2.45, 2.75) is 24.0 Å². The van der Waals surface area contributed by atoms with Crippen LogP contribution in [0.2, 0.25) is 0 Å². The lowest BCUT2D eigenvalue weighted by molar-refractivity contribution is -0.140. The summed E-state index contributed by atoms with van der Waals surface area (Å²) in [5.41, 5.74) is 0.186. The van der Waals surface area contributed by atoms with Crippen LogP contribution in [0.4, 0.5) is 13.2 Å². The summed E-state index contributed by atoms with van der Waals surface area (Å²) < 4.78 is 63.0. The second-order valence-corrected chi connectivity index (χ2v) is 8.22. The van der Waals surface area contributed by atoms with E-state index in [1.165, 1.54) is 31.2 Å². The fourth-order valence-electron chi connectivity index (χ4n) is 2.19. The van der Waals surface area contributed by atoms with Crippen LogP contribution in [0, 0.1) is 0 Å². The van der Waals surface area contributed by atoms with Crippen LogP contribution < -0.4 is 5.32 Å². The van der Waals surface area contributed by atoms with Crippen molar-refractivity contribution >= 4 is 33.5 Å². The highest BCUT2D eigenvalue weighted by atomic mass is 32.2. The van der Waals surface area contributed by atoms with E-state index in [4.69, 9.17) is 0 Å². The van der Waals surface area contributed by atoms with Crippen molar-refractivity contribution in [3.05, 3.63) is 29.8 Å². The number of halogens is 3. The molecule has 1 unspecified atom stereocenters. The van der Waals surface area contributed by atoms with Gasteiger partial charge in [0.25, 0.3) is 0 Å². The summed E-state index contributed by atoms with van der Waals surface area (Å²) in [6, 6.07) is 4.07. The topological polar surface area (TPSA) is 83.6 Å². The molecule has 1 fully saturated rings. The number of rotatable bonds is 5. The van der Waals surface area contributed by atoms with E-state index >= 15 is 0 Å². The molecule has 1 aromatic rings. The first-order chi connectivity index (χ1) is 11.5. The van der Waals surface area contributed by atoms with E-state index in [0.29, 0.717) is 0 Å². The van der Waals surface area contributed by atoms with Crippen LogP contribution in [-0.4, -0.2) is 54.8 Å². The van der Waals surface area contributed by atoms with Gasteiger partial charge in [0.05, 0.1) is 10.8 Å². The van der Waals surface area contributed by atoms with Gasteiger partial charge >= 0.3 is 6.18 Å². The van der Waals surface area contributed by atoms with Crippen LogP contribution in [0.25, 0.3) is 0 Å². The SMILES string of the molecule is CC(=O)c1cccc(S(=O)(=O)N2CSCC2C(=O)NCC(F)(F)F)c1. The molecule has 1 aromatic carbocycles. The van der Waals surface area contributed by atoms with Gasteiger partial charge in [-0.1, -0.05) is 12.1 Å². The summed E-state index contributed by atoms with van der Waals surface area (Å²) in [7, 11) is -4.12. The van der Waals surface area contributed by atoms with Gasteiger partial charge in [-0.15, -0.1) is 11.8 Å². The van der Waals surface area contributed by atoms with E-state index < -0.39 is 34.7 Å². The van der Waals surface area contributed by atoms with Crippen molar-refractivity contribution in [1.82, 2.24) is 9.62 Å². The molecule has 25 heavy (non-hydrogen) atoms. The van der Waals surface area contributed by atoms with Gasteiger partial charge in [0.2, 0.25) is 15.9 Å². The molecule has 1 aliphatic heterocycles. The highest BCUT2D eigenvalue weighted by molar-refractivity contribution is 8.00. The molecule has 2 rings (SSSR count). The van der Waals surface area contributed by atoms with Gasteiger partial charge in [0.1, 0.15) is 12.6 Å². The summed E-state index contributed by atoms with van der Waals surface area (Å²) in [4.78, 5) is 23.2. The number of hydrogen-bond acceptors (Lipinski definition) is 5. The molecule has 0 bridgehead atoms. The van der Waals surface area contributed by atoms with Crippen molar-refractivity contribution in [1.29, 1.82) is 0 Å². The molecule has 1 amide bonds. The molecule has 1 heterocycles. The molecular formula is C14H15F3N2O4S2. The van der Waals surface area contributed by atoms with E-state index in [-0.39, 0.29) is 27.9 Å². The van der Waals surface area contributed by atoms with E-state index in [1.807, 2.05) is 0 Å². The third-order valence-corrected chi connectivity index (χ3v) is 6.48. The number of carbonyl (C=O) groups excluding carboxylic acids is 2. The Morgan fingerprint density at radius 2 is 2.04 bits per heavy atom. The molecule has 1 N–H and O–H groups in total. The van der Waals surface area contributed by atoms with Gasteiger partial charge in [-0.25, -0.2) is 8.42 Å². The van der Waals surface area contributed by atoms with Crippen molar-refractivity contribution < 1.29 is 31.2 Å². The van der Waals surface area contributed by atoms with Crippen molar-refractivity contribution in [3.8, 4) is 0 Å². The molecule has 6 nitrogen and oxygen atoms in total. The van der Waals surface area contributed by atoms with Crippen LogP contribution in [0.15, 0.2) is 29.2 Å². The average Bonchev–Trinajstić information content (AvgIpc) is 3.02. The number of nitrogens with zero attached hydrogens (tertiary/aromatic N) is 1. The molecular weight excluding hydrogens is 381 g/mol. The zero-order valence-electron chi connectivity index (χ0n) is 13.0. The van der Waals surface area contributed by atoms with E-state index in [0.717, 1.165) is 16.1 Å².